The fourth-order valence-corrected chi connectivity index (χ4v) is 3.76. The Hall–Kier alpha value is -1.06. The van der Waals surface area contributed by atoms with Crippen molar-refractivity contribution in [1.82, 2.24) is 5.32 Å². The summed E-state index contributed by atoms with van der Waals surface area (Å²) in [7, 11) is 0. The molecule has 1 aliphatic heterocycles. The highest BCUT2D eigenvalue weighted by molar-refractivity contribution is 5.46. The van der Waals surface area contributed by atoms with Crippen molar-refractivity contribution in [3.63, 3.8) is 0 Å². The lowest BCUT2D eigenvalue weighted by molar-refractivity contribution is 0.0992. The second-order valence-electron chi connectivity index (χ2n) is 6.69. The predicted octanol–water partition coefficient (Wildman–Crippen LogP) is 2.80. The van der Waals surface area contributed by atoms with Crippen LogP contribution in [0, 0.1) is 5.92 Å². The molecule has 21 heavy (non-hydrogen) atoms. The molecule has 2 atom stereocenters. The van der Waals surface area contributed by atoms with Crippen LogP contribution in [0.5, 0.6) is 0 Å². The Morgan fingerprint density at radius 2 is 1.81 bits per heavy atom. The quantitative estimate of drug-likeness (QED) is 0.894. The maximum Gasteiger partial charge on any atom is 0.0543 e. The van der Waals surface area contributed by atoms with E-state index in [4.69, 9.17) is 0 Å². The molecule has 1 saturated heterocycles. The second kappa shape index (κ2) is 7.28. The topological polar surface area (TPSA) is 35.5 Å². The summed E-state index contributed by atoms with van der Waals surface area (Å²) in [6, 6.07) is 11.4. The minimum Gasteiger partial charge on any atom is -0.393 e. The van der Waals surface area contributed by atoms with Crippen molar-refractivity contribution in [2.24, 2.45) is 5.92 Å². The molecule has 2 unspecified atom stereocenters. The van der Waals surface area contributed by atoms with Crippen molar-refractivity contribution in [2.45, 2.75) is 50.7 Å². The zero-order chi connectivity index (χ0) is 14.5. The van der Waals surface area contributed by atoms with E-state index in [0.717, 1.165) is 32.5 Å². The maximum absolute atomic E-state index is 9.74. The molecule has 1 saturated carbocycles. The Bertz CT molecular complexity index is 414. The van der Waals surface area contributed by atoms with Gasteiger partial charge in [0.2, 0.25) is 0 Å². The Morgan fingerprint density at radius 1 is 1.05 bits per heavy atom. The molecule has 0 radical (unpaired) electrons. The number of hydrogen-bond acceptors (Lipinski definition) is 3. The van der Waals surface area contributed by atoms with Gasteiger partial charge in [0.05, 0.1) is 6.10 Å². The Morgan fingerprint density at radius 3 is 2.52 bits per heavy atom. The van der Waals surface area contributed by atoms with Crippen molar-refractivity contribution >= 4 is 5.69 Å². The molecular formula is C18H28N2O. The summed E-state index contributed by atoms with van der Waals surface area (Å²) in [5, 5.41) is 13.5. The zero-order valence-electron chi connectivity index (χ0n) is 12.9. The van der Waals surface area contributed by atoms with Gasteiger partial charge in [-0.1, -0.05) is 24.6 Å². The molecule has 1 heterocycles. The van der Waals surface area contributed by atoms with Crippen molar-refractivity contribution in [3.05, 3.63) is 30.3 Å². The second-order valence-corrected chi connectivity index (χ2v) is 6.69. The summed E-state index contributed by atoms with van der Waals surface area (Å²) in [6.45, 7) is 3.39. The van der Waals surface area contributed by atoms with Crippen LogP contribution in [0.1, 0.15) is 38.5 Å². The Labute approximate surface area is 128 Å². The highest BCUT2D eigenvalue weighted by Crippen LogP contribution is 2.24. The number of rotatable bonds is 4. The molecule has 2 aliphatic rings. The van der Waals surface area contributed by atoms with E-state index < -0.39 is 0 Å². The molecule has 3 rings (SSSR count). The first-order valence-electron chi connectivity index (χ1n) is 8.52. The van der Waals surface area contributed by atoms with Gasteiger partial charge in [-0.15, -0.1) is 0 Å². The Balaban J connectivity index is 1.40. The van der Waals surface area contributed by atoms with Crippen LogP contribution in [0.3, 0.4) is 0 Å². The van der Waals surface area contributed by atoms with Gasteiger partial charge in [-0.05, 0) is 56.7 Å². The molecule has 116 valence electrons. The number of benzene rings is 1. The molecule has 2 fully saturated rings. The van der Waals surface area contributed by atoms with Crippen LogP contribution < -0.4 is 10.2 Å². The summed E-state index contributed by atoms with van der Waals surface area (Å²) < 4.78 is 0. The summed E-state index contributed by atoms with van der Waals surface area (Å²) in [5.74, 6) is 0.681. The van der Waals surface area contributed by atoms with E-state index in [0.29, 0.717) is 12.0 Å². The zero-order valence-corrected chi connectivity index (χ0v) is 12.9. The Kier molecular flexibility index (Phi) is 5.15. The predicted molar refractivity (Wildman–Crippen MR) is 87.6 cm³/mol. The van der Waals surface area contributed by atoms with Gasteiger partial charge in [-0.25, -0.2) is 0 Å². The van der Waals surface area contributed by atoms with Crippen molar-refractivity contribution in [3.8, 4) is 0 Å². The van der Waals surface area contributed by atoms with E-state index in [1.165, 1.54) is 31.4 Å². The van der Waals surface area contributed by atoms with E-state index in [9.17, 15) is 5.11 Å². The maximum atomic E-state index is 9.74. The molecule has 3 nitrogen and oxygen atoms in total. The third-order valence-corrected chi connectivity index (χ3v) is 5.07. The lowest BCUT2D eigenvalue weighted by Crippen LogP contribution is -2.44. The third-order valence-electron chi connectivity index (χ3n) is 5.07. The van der Waals surface area contributed by atoms with Gasteiger partial charge in [0.15, 0.2) is 0 Å². The van der Waals surface area contributed by atoms with Gasteiger partial charge in [0.1, 0.15) is 0 Å². The van der Waals surface area contributed by atoms with Gasteiger partial charge in [-0.3, -0.25) is 0 Å². The molecule has 3 heteroatoms. The molecule has 0 spiro atoms. The van der Waals surface area contributed by atoms with Crippen LogP contribution in [0.15, 0.2) is 30.3 Å². The summed E-state index contributed by atoms with van der Waals surface area (Å²) in [6.07, 6.45) is 6.88. The monoisotopic (exact) mass is 288 g/mol. The van der Waals surface area contributed by atoms with Crippen molar-refractivity contribution in [1.29, 1.82) is 0 Å². The van der Waals surface area contributed by atoms with Gasteiger partial charge in [-0.2, -0.15) is 0 Å². The first-order valence-corrected chi connectivity index (χ1v) is 8.52. The fourth-order valence-electron chi connectivity index (χ4n) is 3.76. The number of hydrogen-bond donors (Lipinski definition) is 2. The van der Waals surface area contributed by atoms with Crippen molar-refractivity contribution < 1.29 is 5.11 Å². The van der Waals surface area contributed by atoms with Crippen LogP contribution >= 0.6 is 0 Å². The van der Waals surface area contributed by atoms with Gasteiger partial charge >= 0.3 is 0 Å². The number of nitrogens with zero attached hydrogens (tertiary/aromatic N) is 1. The van der Waals surface area contributed by atoms with Gasteiger partial charge in [0.25, 0.3) is 0 Å². The van der Waals surface area contributed by atoms with E-state index in [-0.39, 0.29) is 6.10 Å². The number of anilines is 1. The van der Waals surface area contributed by atoms with E-state index in [1.807, 2.05) is 0 Å². The van der Waals surface area contributed by atoms with Gasteiger partial charge in [0, 0.05) is 24.8 Å². The number of aliphatic hydroxyl groups is 1. The van der Waals surface area contributed by atoms with E-state index in [1.54, 1.807) is 0 Å². The lowest BCUT2D eigenvalue weighted by atomic mass is 9.87. The van der Waals surface area contributed by atoms with Crippen LogP contribution in [0.25, 0.3) is 0 Å². The normalized spacial score (nSPS) is 27.8. The molecule has 0 bridgehead atoms. The van der Waals surface area contributed by atoms with E-state index >= 15 is 0 Å². The first-order chi connectivity index (χ1) is 10.3. The van der Waals surface area contributed by atoms with E-state index in [2.05, 4.69) is 40.5 Å². The van der Waals surface area contributed by atoms with Gasteiger partial charge < -0.3 is 15.3 Å². The first kappa shape index (κ1) is 14.9. The summed E-state index contributed by atoms with van der Waals surface area (Å²) >= 11 is 0. The SMILES string of the molecule is OC1CCCC(CNC2CCN(c3ccccc3)CC2)C1. The largest absolute Gasteiger partial charge is 0.393 e. The molecule has 1 aliphatic carbocycles. The molecule has 1 aromatic rings. The summed E-state index contributed by atoms with van der Waals surface area (Å²) in [5.41, 5.74) is 1.35. The molecular weight excluding hydrogens is 260 g/mol. The molecule has 2 N–H and O–H groups in total. The number of para-hydroxylation sites is 1. The number of piperidine rings is 1. The molecule has 1 aromatic carbocycles. The number of nitrogens with one attached hydrogen (secondary N) is 1. The minimum absolute atomic E-state index is 0.0505. The smallest absolute Gasteiger partial charge is 0.0543 e. The van der Waals surface area contributed by atoms with Crippen LogP contribution in [-0.2, 0) is 0 Å². The highest BCUT2D eigenvalue weighted by Gasteiger charge is 2.23. The molecule has 0 aromatic heterocycles. The average molecular weight is 288 g/mol. The minimum atomic E-state index is -0.0505. The summed E-state index contributed by atoms with van der Waals surface area (Å²) in [4.78, 5) is 2.49. The standard InChI is InChI=1S/C18H28N2O/c21-18-8-4-5-15(13-18)14-19-16-9-11-20(12-10-16)17-6-2-1-3-7-17/h1-3,6-7,15-16,18-19,21H,4-5,8-14H2. The highest BCUT2D eigenvalue weighted by atomic mass is 16.3. The van der Waals surface area contributed by atoms with Crippen LogP contribution in [0.4, 0.5) is 5.69 Å². The van der Waals surface area contributed by atoms with Crippen molar-refractivity contribution in [2.75, 3.05) is 24.5 Å². The molecule has 0 amide bonds. The third kappa shape index (κ3) is 4.21. The fraction of sp³-hybridized carbons (Fsp3) is 0.667. The van der Waals surface area contributed by atoms with Crippen LogP contribution in [0.2, 0.25) is 0 Å². The average Bonchev–Trinajstić information content (AvgIpc) is 2.54. The van der Waals surface area contributed by atoms with Crippen LogP contribution in [-0.4, -0.2) is 36.9 Å². The lowest BCUT2D eigenvalue weighted by Gasteiger charge is -2.35. The number of aliphatic hydroxyl groups excluding tert-OH is 1.